The van der Waals surface area contributed by atoms with Crippen molar-refractivity contribution in [2.24, 2.45) is 11.7 Å². The van der Waals surface area contributed by atoms with Crippen molar-refractivity contribution in [2.45, 2.75) is 51.5 Å². The summed E-state index contributed by atoms with van der Waals surface area (Å²) >= 11 is 0. The number of carbonyl (C=O) groups is 1. The highest BCUT2D eigenvalue weighted by Crippen LogP contribution is 2.38. The molecule has 1 heterocycles. The van der Waals surface area contributed by atoms with Gasteiger partial charge in [-0.2, -0.15) is 5.10 Å². The van der Waals surface area contributed by atoms with Crippen LogP contribution in [0.2, 0.25) is 0 Å². The van der Waals surface area contributed by atoms with Crippen molar-refractivity contribution in [3.63, 3.8) is 0 Å². The Bertz CT molecular complexity index is 452. The minimum Gasteiger partial charge on any atom is -0.317 e. The van der Waals surface area contributed by atoms with Gasteiger partial charge >= 0.3 is 0 Å². The standard InChI is InChI=1S/C13H22N4O/c1-12(2,3)9-7-10(17-16-9)15-11(18)13(4,14)8-5-6-8/h7-8H,5-6,14H2,1-4H3,(H2,15,16,17,18). The molecule has 4 N–H and O–H groups in total. The van der Waals surface area contributed by atoms with Crippen LogP contribution in [0, 0.1) is 5.92 Å². The molecule has 0 aromatic carbocycles. The summed E-state index contributed by atoms with van der Waals surface area (Å²) in [5, 5.41) is 9.83. The lowest BCUT2D eigenvalue weighted by Crippen LogP contribution is -2.50. The molecule has 1 aromatic rings. The maximum atomic E-state index is 12.1. The molecule has 0 saturated heterocycles. The van der Waals surface area contributed by atoms with Gasteiger partial charge in [0.15, 0.2) is 5.82 Å². The molecule has 5 heteroatoms. The smallest absolute Gasteiger partial charge is 0.245 e. The van der Waals surface area contributed by atoms with E-state index in [1.165, 1.54) is 0 Å². The normalized spacial score (nSPS) is 19.4. The molecule has 18 heavy (non-hydrogen) atoms. The maximum absolute atomic E-state index is 12.1. The van der Waals surface area contributed by atoms with Crippen LogP contribution in [-0.2, 0) is 10.2 Å². The van der Waals surface area contributed by atoms with Crippen LogP contribution in [0.3, 0.4) is 0 Å². The number of anilines is 1. The summed E-state index contributed by atoms with van der Waals surface area (Å²) in [5.74, 6) is 0.692. The number of nitrogens with two attached hydrogens (primary N) is 1. The van der Waals surface area contributed by atoms with E-state index in [1.807, 2.05) is 6.07 Å². The molecule has 1 amide bonds. The zero-order valence-corrected chi connectivity index (χ0v) is 11.5. The van der Waals surface area contributed by atoms with E-state index in [4.69, 9.17) is 5.73 Å². The minimum atomic E-state index is -0.791. The van der Waals surface area contributed by atoms with E-state index >= 15 is 0 Å². The zero-order chi connectivity index (χ0) is 13.6. The van der Waals surface area contributed by atoms with E-state index in [2.05, 4.69) is 36.3 Å². The Balaban J connectivity index is 2.05. The highest BCUT2D eigenvalue weighted by molar-refractivity contribution is 5.97. The first kappa shape index (κ1) is 13.1. The van der Waals surface area contributed by atoms with Crippen LogP contribution in [0.4, 0.5) is 5.82 Å². The van der Waals surface area contributed by atoms with Crippen LogP contribution in [0.15, 0.2) is 6.07 Å². The topological polar surface area (TPSA) is 83.8 Å². The molecule has 1 aromatic heterocycles. The van der Waals surface area contributed by atoms with Gasteiger partial charge in [-0.15, -0.1) is 0 Å². The van der Waals surface area contributed by atoms with Gasteiger partial charge in [-0.05, 0) is 25.7 Å². The second-order valence-corrected chi connectivity index (χ2v) is 6.43. The molecule has 1 aliphatic carbocycles. The van der Waals surface area contributed by atoms with Crippen molar-refractivity contribution in [3.8, 4) is 0 Å². The third-order valence-electron chi connectivity index (χ3n) is 3.54. The van der Waals surface area contributed by atoms with Crippen LogP contribution in [-0.4, -0.2) is 21.6 Å². The van der Waals surface area contributed by atoms with Crippen molar-refractivity contribution in [3.05, 3.63) is 11.8 Å². The molecule has 0 bridgehead atoms. The average Bonchev–Trinajstić information content (AvgIpc) is 2.98. The van der Waals surface area contributed by atoms with Crippen LogP contribution >= 0.6 is 0 Å². The fourth-order valence-corrected chi connectivity index (χ4v) is 1.89. The Morgan fingerprint density at radius 3 is 2.50 bits per heavy atom. The van der Waals surface area contributed by atoms with E-state index in [0.717, 1.165) is 18.5 Å². The first-order valence-corrected chi connectivity index (χ1v) is 6.37. The van der Waals surface area contributed by atoms with E-state index < -0.39 is 5.54 Å². The van der Waals surface area contributed by atoms with E-state index in [0.29, 0.717) is 11.7 Å². The molecule has 0 spiro atoms. The Labute approximate surface area is 108 Å². The summed E-state index contributed by atoms with van der Waals surface area (Å²) in [6, 6.07) is 1.86. The van der Waals surface area contributed by atoms with E-state index in [-0.39, 0.29) is 11.3 Å². The largest absolute Gasteiger partial charge is 0.317 e. The lowest BCUT2D eigenvalue weighted by atomic mass is 9.92. The predicted molar refractivity (Wildman–Crippen MR) is 71.2 cm³/mol. The van der Waals surface area contributed by atoms with E-state index in [9.17, 15) is 4.79 Å². The van der Waals surface area contributed by atoms with Gasteiger partial charge in [0.1, 0.15) is 0 Å². The number of hydrogen-bond acceptors (Lipinski definition) is 3. The van der Waals surface area contributed by atoms with Gasteiger partial charge in [0, 0.05) is 17.2 Å². The molecule has 2 rings (SSSR count). The quantitative estimate of drug-likeness (QED) is 0.764. The number of rotatable bonds is 3. The molecule has 100 valence electrons. The molecule has 1 fully saturated rings. The summed E-state index contributed by atoms with van der Waals surface area (Å²) in [7, 11) is 0. The molecule has 0 radical (unpaired) electrons. The van der Waals surface area contributed by atoms with Gasteiger partial charge in [-0.1, -0.05) is 20.8 Å². The third kappa shape index (κ3) is 2.56. The number of aromatic nitrogens is 2. The average molecular weight is 250 g/mol. The first-order valence-electron chi connectivity index (χ1n) is 6.37. The van der Waals surface area contributed by atoms with Crippen molar-refractivity contribution in [1.82, 2.24) is 10.2 Å². The fourth-order valence-electron chi connectivity index (χ4n) is 1.89. The van der Waals surface area contributed by atoms with Gasteiger partial charge in [-0.25, -0.2) is 0 Å². The predicted octanol–water partition coefficient (Wildman–Crippen LogP) is 1.77. The number of nitrogens with one attached hydrogen (secondary N) is 2. The lowest BCUT2D eigenvalue weighted by Gasteiger charge is -2.22. The van der Waals surface area contributed by atoms with Gasteiger partial charge in [0.05, 0.1) is 5.54 Å². The first-order chi connectivity index (χ1) is 8.21. The van der Waals surface area contributed by atoms with E-state index in [1.54, 1.807) is 6.92 Å². The summed E-state index contributed by atoms with van der Waals surface area (Å²) in [5.41, 5.74) is 6.24. The molecule has 1 aliphatic rings. The molecule has 5 nitrogen and oxygen atoms in total. The van der Waals surface area contributed by atoms with Gasteiger partial charge in [-0.3, -0.25) is 9.89 Å². The van der Waals surface area contributed by atoms with Crippen molar-refractivity contribution < 1.29 is 4.79 Å². The van der Waals surface area contributed by atoms with Crippen LogP contribution in [0.5, 0.6) is 0 Å². The number of carbonyl (C=O) groups excluding carboxylic acids is 1. The Kier molecular flexibility index (Phi) is 2.97. The Hall–Kier alpha value is -1.36. The number of nitrogens with zero attached hydrogens (tertiary/aromatic N) is 1. The maximum Gasteiger partial charge on any atom is 0.245 e. The third-order valence-corrected chi connectivity index (χ3v) is 3.54. The SMILES string of the molecule is CC(C)(C)c1cc(NC(=O)C(C)(N)C2CC2)n[nH]1. The molecule has 1 unspecified atom stereocenters. The van der Waals surface area contributed by atoms with Gasteiger partial charge < -0.3 is 11.1 Å². The highest BCUT2D eigenvalue weighted by Gasteiger charge is 2.44. The molecule has 0 aliphatic heterocycles. The van der Waals surface area contributed by atoms with Crippen LogP contribution < -0.4 is 11.1 Å². The Morgan fingerprint density at radius 2 is 2.06 bits per heavy atom. The second kappa shape index (κ2) is 4.09. The second-order valence-electron chi connectivity index (χ2n) is 6.43. The van der Waals surface area contributed by atoms with Crippen molar-refractivity contribution in [1.29, 1.82) is 0 Å². The van der Waals surface area contributed by atoms with Gasteiger partial charge in [0.2, 0.25) is 5.91 Å². The summed E-state index contributed by atoms with van der Waals surface area (Å²) in [6.07, 6.45) is 2.07. The monoisotopic (exact) mass is 250 g/mol. The number of H-pyrrole nitrogens is 1. The number of aromatic amines is 1. The number of hydrogen-bond donors (Lipinski definition) is 3. The molecule has 1 saturated carbocycles. The molecular weight excluding hydrogens is 228 g/mol. The molecule has 1 atom stereocenters. The van der Waals surface area contributed by atoms with Crippen molar-refractivity contribution >= 4 is 11.7 Å². The van der Waals surface area contributed by atoms with Gasteiger partial charge in [0.25, 0.3) is 0 Å². The molecular formula is C13H22N4O. The summed E-state index contributed by atoms with van der Waals surface area (Å²) in [6.45, 7) is 8.05. The lowest BCUT2D eigenvalue weighted by molar-refractivity contribution is -0.121. The minimum absolute atomic E-state index is 0.0154. The Morgan fingerprint density at radius 1 is 1.44 bits per heavy atom. The van der Waals surface area contributed by atoms with Crippen molar-refractivity contribution in [2.75, 3.05) is 5.32 Å². The number of amides is 1. The zero-order valence-electron chi connectivity index (χ0n) is 11.5. The highest BCUT2D eigenvalue weighted by atomic mass is 16.2. The van der Waals surface area contributed by atoms with Crippen LogP contribution in [0.25, 0.3) is 0 Å². The summed E-state index contributed by atoms with van der Waals surface area (Å²) in [4.78, 5) is 12.1. The fraction of sp³-hybridized carbons (Fsp3) is 0.692. The summed E-state index contributed by atoms with van der Waals surface area (Å²) < 4.78 is 0. The van der Waals surface area contributed by atoms with Crippen LogP contribution in [0.1, 0.15) is 46.2 Å².